The number of carbonyl (C=O) groups is 1. The fourth-order valence-corrected chi connectivity index (χ4v) is 3.44. The predicted molar refractivity (Wildman–Crippen MR) is 110 cm³/mol. The van der Waals surface area contributed by atoms with Gasteiger partial charge < -0.3 is 10.1 Å². The number of rotatable bonds is 6. The number of nitrogens with zero attached hydrogens (tertiary/aromatic N) is 2. The van der Waals surface area contributed by atoms with E-state index in [1.54, 1.807) is 19.4 Å². The Labute approximate surface area is 166 Å². The van der Waals surface area contributed by atoms with Gasteiger partial charge in [-0.25, -0.2) is 0 Å². The molecular weight excluding hydrogens is 352 g/mol. The summed E-state index contributed by atoms with van der Waals surface area (Å²) < 4.78 is 5.18. The summed E-state index contributed by atoms with van der Waals surface area (Å²) in [5, 5.41) is 19.5. The highest BCUT2D eigenvalue weighted by molar-refractivity contribution is 6.02. The summed E-state index contributed by atoms with van der Waals surface area (Å²) in [4.78, 5) is 12.7. The molecule has 148 valence electrons. The lowest BCUT2D eigenvalue weighted by Crippen LogP contribution is -2.46. The minimum atomic E-state index is -0.430. The topological polar surface area (TPSA) is 90.8 Å². The molecule has 0 atom stereocenters. The number of H-pyrrole nitrogens is 1. The third-order valence-corrected chi connectivity index (χ3v) is 4.14. The van der Waals surface area contributed by atoms with Gasteiger partial charge in [0.2, 0.25) is 0 Å². The summed E-state index contributed by atoms with van der Waals surface area (Å²) in [6, 6.07) is 9.48. The largest absolute Gasteiger partial charge is 0.497 e. The summed E-state index contributed by atoms with van der Waals surface area (Å²) in [6.07, 6.45) is 3.95. The van der Waals surface area contributed by atoms with Crippen molar-refractivity contribution in [1.29, 1.82) is 5.26 Å². The second-order valence-corrected chi connectivity index (χ2v) is 8.67. The van der Waals surface area contributed by atoms with Crippen LogP contribution in [0.5, 0.6) is 5.75 Å². The normalized spacial score (nSPS) is 12.4. The molecule has 6 heteroatoms. The number of hydrogen-bond acceptors (Lipinski definition) is 4. The summed E-state index contributed by atoms with van der Waals surface area (Å²) in [5.74, 6) is 0.358. The average Bonchev–Trinajstić information content (AvgIpc) is 3.05. The van der Waals surface area contributed by atoms with E-state index < -0.39 is 11.4 Å². The lowest BCUT2D eigenvalue weighted by atomic mass is 9.81. The van der Waals surface area contributed by atoms with Crippen molar-refractivity contribution in [3.8, 4) is 23.1 Å². The minimum Gasteiger partial charge on any atom is -0.497 e. The Hall–Kier alpha value is -3.07. The highest BCUT2D eigenvalue weighted by Crippen LogP contribution is 2.28. The van der Waals surface area contributed by atoms with Crippen molar-refractivity contribution in [3.05, 3.63) is 41.6 Å². The second-order valence-electron chi connectivity index (χ2n) is 8.67. The lowest BCUT2D eigenvalue weighted by Gasteiger charge is -2.33. The molecular formula is C22H28N4O2. The SMILES string of the molecule is COc1ccc(-c2[nH]ncc2/C=C(/C#N)C(=O)NC(C)(C)CC(C)(C)C)cc1. The molecule has 2 aromatic rings. The van der Waals surface area contributed by atoms with Crippen LogP contribution in [-0.4, -0.2) is 28.8 Å². The van der Waals surface area contributed by atoms with Crippen LogP contribution in [0.15, 0.2) is 36.0 Å². The van der Waals surface area contributed by atoms with Gasteiger partial charge in [0.05, 0.1) is 19.0 Å². The van der Waals surface area contributed by atoms with Gasteiger partial charge in [-0.2, -0.15) is 10.4 Å². The number of methoxy groups -OCH3 is 1. The zero-order valence-corrected chi connectivity index (χ0v) is 17.4. The quantitative estimate of drug-likeness (QED) is 0.577. The average molecular weight is 380 g/mol. The van der Waals surface area contributed by atoms with Gasteiger partial charge in [-0.1, -0.05) is 20.8 Å². The number of ether oxygens (including phenoxy) is 1. The standard InChI is InChI=1S/C22H28N4O2/c1-21(2,3)14-22(4,5)25-20(27)16(12-23)11-17-13-24-26-19(17)15-7-9-18(28-6)10-8-15/h7-11,13H,14H2,1-6H3,(H,24,26)(H,25,27)/b16-11-. The van der Waals surface area contributed by atoms with E-state index >= 15 is 0 Å². The number of hydrogen-bond donors (Lipinski definition) is 2. The molecule has 6 nitrogen and oxygen atoms in total. The first-order chi connectivity index (χ1) is 13.0. The van der Waals surface area contributed by atoms with Crippen LogP contribution in [0, 0.1) is 16.7 Å². The molecule has 0 aliphatic carbocycles. The zero-order valence-electron chi connectivity index (χ0n) is 17.4. The van der Waals surface area contributed by atoms with Crippen LogP contribution < -0.4 is 10.1 Å². The van der Waals surface area contributed by atoms with Gasteiger partial charge in [0, 0.05) is 16.7 Å². The molecule has 0 radical (unpaired) electrons. The highest BCUT2D eigenvalue weighted by atomic mass is 16.5. The van der Waals surface area contributed by atoms with Crippen molar-refractivity contribution in [3.63, 3.8) is 0 Å². The third kappa shape index (κ3) is 5.71. The van der Waals surface area contributed by atoms with E-state index in [9.17, 15) is 10.1 Å². The number of nitrogens with one attached hydrogen (secondary N) is 2. The molecule has 0 unspecified atom stereocenters. The highest BCUT2D eigenvalue weighted by Gasteiger charge is 2.28. The number of aromatic nitrogens is 2. The zero-order chi connectivity index (χ0) is 20.9. The van der Waals surface area contributed by atoms with Gasteiger partial charge in [-0.05, 0) is 56.0 Å². The molecule has 2 rings (SSSR count). The van der Waals surface area contributed by atoms with Gasteiger partial charge in [-0.15, -0.1) is 0 Å². The van der Waals surface area contributed by atoms with E-state index in [0.717, 1.165) is 23.4 Å². The van der Waals surface area contributed by atoms with E-state index in [1.807, 2.05) is 44.2 Å². The molecule has 0 aliphatic rings. The Balaban J connectivity index is 2.27. The van der Waals surface area contributed by atoms with Crippen molar-refractivity contribution in [1.82, 2.24) is 15.5 Å². The fourth-order valence-electron chi connectivity index (χ4n) is 3.44. The molecule has 1 aromatic heterocycles. The number of nitriles is 1. The van der Waals surface area contributed by atoms with E-state index in [-0.39, 0.29) is 11.0 Å². The monoisotopic (exact) mass is 380 g/mol. The van der Waals surface area contributed by atoms with Crippen LogP contribution in [0.4, 0.5) is 0 Å². The Morgan fingerprint density at radius 1 is 1.25 bits per heavy atom. The minimum absolute atomic E-state index is 0.0399. The first kappa shape index (κ1) is 21.2. The Bertz CT molecular complexity index is 894. The Morgan fingerprint density at radius 2 is 1.89 bits per heavy atom. The van der Waals surface area contributed by atoms with Gasteiger partial charge in [0.25, 0.3) is 5.91 Å². The molecule has 1 heterocycles. The lowest BCUT2D eigenvalue weighted by molar-refractivity contribution is -0.118. The molecule has 2 N–H and O–H groups in total. The van der Waals surface area contributed by atoms with Crippen LogP contribution in [0.1, 0.15) is 46.6 Å². The Morgan fingerprint density at radius 3 is 2.43 bits per heavy atom. The molecule has 28 heavy (non-hydrogen) atoms. The summed E-state index contributed by atoms with van der Waals surface area (Å²) in [6.45, 7) is 10.3. The Kier molecular flexibility index (Phi) is 6.30. The van der Waals surface area contributed by atoms with Gasteiger partial charge >= 0.3 is 0 Å². The van der Waals surface area contributed by atoms with Gasteiger partial charge in [0.15, 0.2) is 0 Å². The number of aromatic amines is 1. The van der Waals surface area contributed by atoms with Crippen LogP contribution in [0.2, 0.25) is 0 Å². The number of benzene rings is 1. The maximum atomic E-state index is 12.7. The van der Waals surface area contributed by atoms with Crippen molar-refractivity contribution in [2.24, 2.45) is 5.41 Å². The first-order valence-corrected chi connectivity index (χ1v) is 9.17. The molecule has 0 fully saturated rings. The number of amides is 1. The van der Waals surface area contributed by atoms with E-state index in [1.165, 1.54) is 0 Å². The summed E-state index contributed by atoms with van der Waals surface area (Å²) in [5.41, 5.74) is 1.95. The molecule has 0 bridgehead atoms. The van der Waals surface area contributed by atoms with E-state index in [2.05, 4.69) is 36.3 Å². The van der Waals surface area contributed by atoms with Crippen LogP contribution in [0.3, 0.4) is 0 Å². The maximum absolute atomic E-state index is 12.7. The molecule has 1 amide bonds. The van der Waals surface area contributed by atoms with E-state index in [4.69, 9.17) is 4.74 Å². The molecule has 0 spiro atoms. The molecule has 0 aliphatic heterocycles. The van der Waals surface area contributed by atoms with Crippen LogP contribution >= 0.6 is 0 Å². The summed E-state index contributed by atoms with van der Waals surface area (Å²) >= 11 is 0. The van der Waals surface area contributed by atoms with E-state index in [0.29, 0.717) is 5.56 Å². The third-order valence-electron chi connectivity index (χ3n) is 4.14. The maximum Gasteiger partial charge on any atom is 0.262 e. The predicted octanol–water partition coefficient (Wildman–Crippen LogP) is 4.32. The van der Waals surface area contributed by atoms with Crippen molar-refractivity contribution in [2.75, 3.05) is 7.11 Å². The van der Waals surface area contributed by atoms with Crippen molar-refractivity contribution in [2.45, 2.75) is 46.6 Å². The molecule has 0 saturated heterocycles. The van der Waals surface area contributed by atoms with Crippen LogP contribution in [0.25, 0.3) is 17.3 Å². The van der Waals surface area contributed by atoms with Crippen molar-refractivity contribution < 1.29 is 9.53 Å². The van der Waals surface area contributed by atoms with Gasteiger partial charge in [0.1, 0.15) is 17.4 Å². The van der Waals surface area contributed by atoms with Crippen LogP contribution in [-0.2, 0) is 4.79 Å². The molecule has 0 saturated carbocycles. The first-order valence-electron chi connectivity index (χ1n) is 9.17. The fraction of sp³-hybridized carbons (Fsp3) is 0.409. The summed E-state index contributed by atoms with van der Waals surface area (Å²) in [7, 11) is 1.61. The van der Waals surface area contributed by atoms with Crippen molar-refractivity contribution >= 4 is 12.0 Å². The number of carbonyl (C=O) groups excluding carboxylic acids is 1. The second kappa shape index (κ2) is 8.30. The molecule has 1 aromatic carbocycles. The smallest absolute Gasteiger partial charge is 0.262 e. The van der Waals surface area contributed by atoms with Gasteiger partial charge in [-0.3, -0.25) is 9.89 Å².